The molecule has 0 amide bonds. The fourth-order valence-electron chi connectivity index (χ4n) is 1.94. The Morgan fingerprint density at radius 2 is 2.06 bits per heavy atom. The van der Waals surface area contributed by atoms with Gasteiger partial charge in [-0.2, -0.15) is 0 Å². The molecule has 1 aliphatic heterocycles. The number of aromatic carboxylic acids is 1. The van der Waals surface area contributed by atoms with Gasteiger partial charge in [0.15, 0.2) is 0 Å². The molecule has 5 nitrogen and oxygen atoms in total. The fraction of sp³-hybridized carbons (Fsp3) is 0.636. The van der Waals surface area contributed by atoms with Crippen LogP contribution < -0.4 is 0 Å². The Labute approximate surface area is 105 Å². The van der Waals surface area contributed by atoms with E-state index in [1.165, 1.54) is 17.5 Å². The van der Waals surface area contributed by atoms with Crippen molar-refractivity contribution in [3.8, 4) is 0 Å². The molecule has 1 fully saturated rings. The summed E-state index contributed by atoms with van der Waals surface area (Å²) < 4.78 is 0. The molecule has 0 saturated carbocycles. The molecule has 1 aromatic heterocycles. The van der Waals surface area contributed by atoms with Gasteiger partial charge in [0.05, 0.1) is 12.7 Å². The second kappa shape index (κ2) is 5.57. The minimum Gasteiger partial charge on any atom is -0.477 e. The molecule has 1 aromatic rings. The Hall–Kier alpha value is -0.980. The minimum atomic E-state index is -0.885. The highest BCUT2D eigenvalue weighted by Gasteiger charge is 2.17. The second-order valence-corrected chi connectivity index (χ2v) is 5.25. The highest BCUT2D eigenvalue weighted by atomic mass is 32.1. The van der Waals surface area contributed by atoms with Crippen molar-refractivity contribution in [1.82, 2.24) is 14.8 Å². The van der Waals surface area contributed by atoms with Crippen LogP contribution in [0, 0.1) is 0 Å². The number of aromatic nitrogens is 1. The zero-order chi connectivity index (χ0) is 12.3. The maximum atomic E-state index is 10.7. The standard InChI is InChI=1S/C11H17N3O2S/c1-2-13-3-5-14(6-4-13)8-10-12-7-9(17-10)11(15)16/h7H,2-6,8H2,1H3,(H,15,16). The number of carboxylic acid groups (broad SMARTS) is 1. The van der Waals surface area contributed by atoms with Gasteiger partial charge in [-0.1, -0.05) is 6.92 Å². The third-order valence-corrected chi connectivity index (χ3v) is 4.01. The van der Waals surface area contributed by atoms with Gasteiger partial charge in [0.25, 0.3) is 0 Å². The summed E-state index contributed by atoms with van der Waals surface area (Å²) in [7, 11) is 0. The molecule has 2 rings (SSSR count). The van der Waals surface area contributed by atoms with E-state index in [4.69, 9.17) is 5.11 Å². The van der Waals surface area contributed by atoms with Crippen molar-refractivity contribution in [3.63, 3.8) is 0 Å². The normalized spacial score (nSPS) is 18.4. The Balaban J connectivity index is 1.86. The van der Waals surface area contributed by atoms with Crippen LogP contribution in [0.4, 0.5) is 0 Å². The van der Waals surface area contributed by atoms with Crippen LogP contribution in [0.5, 0.6) is 0 Å². The number of rotatable bonds is 4. The molecule has 6 heteroatoms. The molecule has 1 N–H and O–H groups in total. The first-order valence-corrected chi connectivity index (χ1v) is 6.63. The van der Waals surface area contributed by atoms with Crippen LogP contribution >= 0.6 is 11.3 Å². The van der Waals surface area contributed by atoms with Crippen LogP contribution in [0.1, 0.15) is 21.6 Å². The summed E-state index contributed by atoms with van der Waals surface area (Å²) in [4.78, 5) is 20.0. The summed E-state index contributed by atoms with van der Waals surface area (Å²) in [5.74, 6) is -0.885. The number of hydrogen-bond donors (Lipinski definition) is 1. The monoisotopic (exact) mass is 255 g/mol. The van der Waals surface area contributed by atoms with E-state index in [9.17, 15) is 4.79 Å². The van der Waals surface area contributed by atoms with Gasteiger partial charge in [-0.05, 0) is 6.54 Å². The van der Waals surface area contributed by atoms with E-state index in [2.05, 4.69) is 21.7 Å². The molecule has 0 aromatic carbocycles. The van der Waals surface area contributed by atoms with Crippen molar-refractivity contribution in [3.05, 3.63) is 16.1 Å². The quantitative estimate of drug-likeness (QED) is 0.869. The van der Waals surface area contributed by atoms with Crippen LogP contribution in [-0.4, -0.2) is 58.6 Å². The first kappa shape index (κ1) is 12.5. The molecular formula is C11H17N3O2S. The van der Waals surface area contributed by atoms with Crippen molar-refractivity contribution in [2.24, 2.45) is 0 Å². The van der Waals surface area contributed by atoms with Gasteiger partial charge < -0.3 is 10.0 Å². The number of carbonyl (C=O) groups is 1. The Kier molecular flexibility index (Phi) is 4.09. The predicted octanol–water partition coefficient (Wildman–Crippen LogP) is 0.979. The predicted molar refractivity (Wildman–Crippen MR) is 66.5 cm³/mol. The Bertz CT molecular complexity index is 386. The third kappa shape index (κ3) is 3.24. The maximum absolute atomic E-state index is 10.7. The summed E-state index contributed by atoms with van der Waals surface area (Å²) in [6.45, 7) is 8.31. The van der Waals surface area contributed by atoms with E-state index in [-0.39, 0.29) is 0 Å². The number of likely N-dealkylation sites (N-methyl/N-ethyl adjacent to an activating group) is 1. The van der Waals surface area contributed by atoms with E-state index < -0.39 is 5.97 Å². The molecule has 94 valence electrons. The van der Waals surface area contributed by atoms with Gasteiger partial charge >= 0.3 is 5.97 Å². The van der Waals surface area contributed by atoms with E-state index in [1.807, 2.05) is 0 Å². The molecule has 0 bridgehead atoms. The lowest BCUT2D eigenvalue weighted by Gasteiger charge is -2.33. The molecule has 0 radical (unpaired) electrons. The van der Waals surface area contributed by atoms with E-state index in [1.54, 1.807) is 0 Å². The third-order valence-electron chi connectivity index (χ3n) is 3.04. The zero-order valence-electron chi connectivity index (χ0n) is 9.93. The molecule has 0 spiro atoms. The lowest BCUT2D eigenvalue weighted by Crippen LogP contribution is -2.45. The number of thiazole rings is 1. The smallest absolute Gasteiger partial charge is 0.347 e. The lowest BCUT2D eigenvalue weighted by molar-refractivity contribution is 0.0702. The largest absolute Gasteiger partial charge is 0.477 e. The molecule has 17 heavy (non-hydrogen) atoms. The van der Waals surface area contributed by atoms with Gasteiger partial charge in [0.2, 0.25) is 0 Å². The van der Waals surface area contributed by atoms with Crippen molar-refractivity contribution < 1.29 is 9.90 Å². The molecule has 0 aliphatic carbocycles. The van der Waals surface area contributed by atoms with E-state index >= 15 is 0 Å². The average Bonchev–Trinajstić information content (AvgIpc) is 2.79. The maximum Gasteiger partial charge on any atom is 0.347 e. The molecule has 1 saturated heterocycles. The van der Waals surface area contributed by atoms with Crippen LogP contribution in [0.2, 0.25) is 0 Å². The van der Waals surface area contributed by atoms with Crippen molar-refractivity contribution >= 4 is 17.3 Å². The van der Waals surface area contributed by atoms with Gasteiger partial charge in [-0.15, -0.1) is 11.3 Å². The first-order chi connectivity index (χ1) is 8.19. The highest BCUT2D eigenvalue weighted by Crippen LogP contribution is 2.15. The lowest BCUT2D eigenvalue weighted by atomic mass is 10.3. The topological polar surface area (TPSA) is 56.7 Å². The van der Waals surface area contributed by atoms with Gasteiger partial charge in [-0.25, -0.2) is 9.78 Å². The summed E-state index contributed by atoms with van der Waals surface area (Å²) in [5.41, 5.74) is 0. The number of hydrogen-bond acceptors (Lipinski definition) is 5. The van der Waals surface area contributed by atoms with Gasteiger partial charge in [-0.3, -0.25) is 4.90 Å². The molecular weight excluding hydrogens is 238 g/mol. The van der Waals surface area contributed by atoms with Crippen LogP contribution in [0.15, 0.2) is 6.20 Å². The van der Waals surface area contributed by atoms with E-state index in [0.29, 0.717) is 4.88 Å². The molecule has 1 aliphatic rings. The number of carboxylic acids is 1. The average molecular weight is 255 g/mol. The summed E-state index contributed by atoms with van der Waals surface area (Å²) in [6.07, 6.45) is 1.45. The number of piperazine rings is 1. The van der Waals surface area contributed by atoms with Crippen molar-refractivity contribution in [2.75, 3.05) is 32.7 Å². The second-order valence-electron chi connectivity index (χ2n) is 4.13. The number of nitrogens with zero attached hydrogens (tertiary/aromatic N) is 3. The zero-order valence-corrected chi connectivity index (χ0v) is 10.7. The summed E-state index contributed by atoms with van der Waals surface area (Å²) >= 11 is 1.28. The Morgan fingerprint density at radius 3 is 2.59 bits per heavy atom. The summed E-state index contributed by atoms with van der Waals surface area (Å²) in [5, 5.41) is 9.72. The molecule has 0 atom stereocenters. The van der Waals surface area contributed by atoms with Gasteiger partial charge in [0, 0.05) is 26.2 Å². The Morgan fingerprint density at radius 1 is 1.41 bits per heavy atom. The van der Waals surface area contributed by atoms with Crippen LogP contribution in [0.25, 0.3) is 0 Å². The molecule has 0 unspecified atom stereocenters. The van der Waals surface area contributed by atoms with Crippen LogP contribution in [0.3, 0.4) is 0 Å². The fourth-order valence-corrected chi connectivity index (χ4v) is 2.74. The van der Waals surface area contributed by atoms with Crippen molar-refractivity contribution in [1.29, 1.82) is 0 Å². The molecule has 2 heterocycles. The van der Waals surface area contributed by atoms with Crippen molar-refractivity contribution in [2.45, 2.75) is 13.5 Å². The van der Waals surface area contributed by atoms with Crippen LogP contribution in [-0.2, 0) is 6.54 Å². The van der Waals surface area contributed by atoms with E-state index in [0.717, 1.165) is 44.3 Å². The highest BCUT2D eigenvalue weighted by molar-refractivity contribution is 7.13. The first-order valence-electron chi connectivity index (χ1n) is 5.81. The summed E-state index contributed by atoms with van der Waals surface area (Å²) in [6, 6.07) is 0. The van der Waals surface area contributed by atoms with Gasteiger partial charge in [0.1, 0.15) is 9.88 Å². The SMILES string of the molecule is CCN1CCN(Cc2ncc(C(=O)O)s2)CC1. The minimum absolute atomic E-state index is 0.326.